The van der Waals surface area contributed by atoms with Crippen LogP contribution >= 0.6 is 15.9 Å². The molecule has 0 atom stereocenters. The van der Waals surface area contributed by atoms with Gasteiger partial charge in [0.2, 0.25) is 5.91 Å². The number of carbonyl (C=O) groups excluding carboxylic acids is 1. The first-order valence-electron chi connectivity index (χ1n) is 10.1. The van der Waals surface area contributed by atoms with Crippen LogP contribution in [0.5, 0.6) is 23.0 Å². The van der Waals surface area contributed by atoms with E-state index in [0.29, 0.717) is 29.6 Å². The number of benzene rings is 3. The third kappa shape index (κ3) is 6.73. The van der Waals surface area contributed by atoms with Crippen molar-refractivity contribution in [1.29, 1.82) is 0 Å². The van der Waals surface area contributed by atoms with E-state index in [0.717, 1.165) is 21.2 Å². The predicted octanol–water partition coefficient (Wildman–Crippen LogP) is 4.75. The van der Waals surface area contributed by atoms with Crippen LogP contribution in [0.1, 0.15) is 16.7 Å². The van der Waals surface area contributed by atoms with Gasteiger partial charge in [-0.1, -0.05) is 36.4 Å². The Bertz CT molecular complexity index is 1120. The number of carbonyl (C=O) groups is 1. The molecule has 3 aromatic carbocycles. The fourth-order valence-corrected chi connectivity index (χ4v) is 3.65. The van der Waals surface area contributed by atoms with Gasteiger partial charge < -0.3 is 18.9 Å². The Kier molecular flexibility index (Phi) is 8.71. The molecular formula is C25H25BrN2O5. The van der Waals surface area contributed by atoms with E-state index in [9.17, 15) is 4.79 Å². The number of methoxy groups -OCH3 is 3. The molecule has 1 amide bonds. The third-order valence-electron chi connectivity index (χ3n) is 4.69. The third-order valence-corrected chi connectivity index (χ3v) is 5.28. The standard InChI is InChI=1S/C25H25BrN2O5/c1-30-21-10-9-18(12-22(21)31-2)14-24(29)28-27-15-19-11-20(26)25(23(13-19)32-3)33-16-17-7-5-4-6-8-17/h4-13,15H,14,16H2,1-3H3,(H,28,29)/b27-15-. The zero-order valence-corrected chi connectivity index (χ0v) is 20.2. The molecule has 172 valence electrons. The van der Waals surface area contributed by atoms with Gasteiger partial charge in [0.25, 0.3) is 0 Å². The summed E-state index contributed by atoms with van der Waals surface area (Å²) in [5.41, 5.74) is 5.10. The topological polar surface area (TPSA) is 78.4 Å². The van der Waals surface area contributed by atoms with Crippen LogP contribution in [0.25, 0.3) is 0 Å². The van der Waals surface area contributed by atoms with E-state index in [4.69, 9.17) is 18.9 Å². The van der Waals surface area contributed by atoms with Gasteiger partial charge in [0.15, 0.2) is 23.0 Å². The van der Waals surface area contributed by atoms with E-state index in [-0.39, 0.29) is 12.3 Å². The predicted molar refractivity (Wildman–Crippen MR) is 130 cm³/mol. The SMILES string of the molecule is COc1ccc(CC(=O)N/N=C\c2cc(Br)c(OCc3ccccc3)c(OC)c2)cc1OC. The normalized spacial score (nSPS) is 10.7. The summed E-state index contributed by atoms with van der Waals surface area (Å²) < 4.78 is 22.6. The van der Waals surface area contributed by atoms with Crippen LogP contribution in [-0.4, -0.2) is 33.5 Å². The Morgan fingerprint density at radius 3 is 2.33 bits per heavy atom. The number of hydrogen-bond donors (Lipinski definition) is 1. The van der Waals surface area contributed by atoms with Crippen LogP contribution in [0, 0.1) is 0 Å². The summed E-state index contributed by atoms with van der Waals surface area (Å²) >= 11 is 3.53. The largest absolute Gasteiger partial charge is 0.493 e. The maximum Gasteiger partial charge on any atom is 0.244 e. The lowest BCUT2D eigenvalue weighted by Crippen LogP contribution is -2.19. The zero-order valence-electron chi connectivity index (χ0n) is 18.6. The zero-order chi connectivity index (χ0) is 23.6. The molecule has 0 aliphatic carbocycles. The van der Waals surface area contributed by atoms with Crippen molar-refractivity contribution < 1.29 is 23.7 Å². The number of amides is 1. The van der Waals surface area contributed by atoms with E-state index >= 15 is 0 Å². The molecule has 33 heavy (non-hydrogen) atoms. The minimum Gasteiger partial charge on any atom is -0.493 e. The van der Waals surface area contributed by atoms with Gasteiger partial charge in [-0.05, 0) is 56.9 Å². The van der Waals surface area contributed by atoms with Crippen LogP contribution in [0.3, 0.4) is 0 Å². The summed E-state index contributed by atoms with van der Waals surface area (Å²) in [5.74, 6) is 2.06. The Morgan fingerprint density at radius 1 is 0.909 bits per heavy atom. The molecule has 0 heterocycles. The number of hydrogen-bond acceptors (Lipinski definition) is 6. The van der Waals surface area contributed by atoms with Crippen LogP contribution < -0.4 is 24.4 Å². The van der Waals surface area contributed by atoms with Crippen molar-refractivity contribution in [1.82, 2.24) is 5.43 Å². The molecule has 0 radical (unpaired) electrons. The van der Waals surface area contributed by atoms with Crippen molar-refractivity contribution in [3.63, 3.8) is 0 Å². The minimum atomic E-state index is -0.257. The lowest BCUT2D eigenvalue weighted by atomic mass is 10.1. The highest BCUT2D eigenvalue weighted by molar-refractivity contribution is 9.10. The highest BCUT2D eigenvalue weighted by atomic mass is 79.9. The van der Waals surface area contributed by atoms with E-state index in [2.05, 4.69) is 26.5 Å². The first kappa shape index (κ1) is 24.1. The Morgan fingerprint density at radius 2 is 1.64 bits per heavy atom. The summed E-state index contributed by atoms with van der Waals surface area (Å²) in [5, 5.41) is 4.06. The van der Waals surface area contributed by atoms with Gasteiger partial charge in [-0.2, -0.15) is 5.10 Å². The van der Waals surface area contributed by atoms with Crippen molar-refractivity contribution in [3.8, 4) is 23.0 Å². The lowest BCUT2D eigenvalue weighted by molar-refractivity contribution is -0.120. The van der Waals surface area contributed by atoms with E-state index in [1.807, 2.05) is 36.4 Å². The highest BCUT2D eigenvalue weighted by Crippen LogP contribution is 2.36. The number of nitrogens with zero attached hydrogens (tertiary/aromatic N) is 1. The van der Waals surface area contributed by atoms with Crippen LogP contribution in [0.15, 0.2) is 70.2 Å². The van der Waals surface area contributed by atoms with E-state index in [1.54, 1.807) is 51.8 Å². The van der Waals surface area contributed by atoms with Crippen LogP contribution in [0.4, 0.5) is 0 Å². The molecule has 7 nitrogen and oxygen atoms in total. The second-order valence-electron chi connectivity index (χ2n) is 6.97. The van der Waals surface area contributed by atoms with Gasteiger partial charge in [-0.15, -0.1) is 0 Å². The fraction of sp³-hybridized carbons (Fsp3) is 0.200. The number of hydrazone groups is 1. The highest BCUT2D eigenvalue weighted by Gasteiger charge is 2.12. The fourth-order valence-electron chi connectivity index (χ4n) is 3.08. The molecule has 8 heteroatoms. The maximum atomic E-state index is 12.3. The second kappa shape index (κ2) is 11.9. The van der Waals surface area contributed by atoms with Crippen LogP contribution in [-0.2, 0) is 17.8 Å². The lowest BCUT2D eigenvalue weighted by Gasteiger charge is -2.13. The molecule has 0 unspecified atom stereocenters. The van der Waals surface area contributed by atoms with Crippen molar-refractivity contribution in [2.75, 3.05) is 21.3 Å². The molecule has 3 aromatic rings. The van der Waals surface area contributed by atoms with Gasteiger partial charge in [0, 0.05) is 0 Å². The molecule has 0 bridgehead atoms. The van der Waals surface area contributed by atoms with Gasteiger partial charge in [0.1, 0.15) is 6.61 Å². The monoisotopic (exact) mass is 512 g/mol. The minimum absolute atomic E-state index is 0.150. The first-order chi connectivity index (χ1) is 16.0. The summed E-state index contributed by atoms with van der Waals surface area (Å²) in [6.07, 6.45) is 1.69. The first-order valence-corrected chi connectivity index (χ1v) is 10.9. The molecule has 1 N–H and O–H groups in total. The van der Waals surface area contributed by atoms with Gasteiger partial charge >= 0.3 is 0 Å². The molecule has 0 saturated carbocycles. The van der Waals surface area contributed by atoms with Crippen molar-refractivity contribution in [3.05, 3.63) is 81.8 Å². The molecular weight excluding hydrogens is 488 g/mol. The Labute approximate surface area is 201 Å². The molecule has 0 aliphatic rings. The maximum absolute atomic E-state index is 12.3. The Hall–Kier alpha value is -3.52. The molecule has 0 aliphatic heterocycles. The molecule has 0 fully saturated rings. The number of halogens is 1. The molecule has 3 rings (SSSR count). The van der Waals surface area contributed by atoms with E-state index in [1.165, 1.54) is 0 Å². The number of ether oxygens (including phenoxy) is 4. The van der Waals surface area contributed by atoms with Gasteiger partial charge in [-0.3, -0.25) is 4.79 Å². The Balaban J connectivity index is 1.62. The van der Waals surface area contributed by atoms with Crippen molar-refractivity contribution >= 4 is 28.1 Å². The van der Waals surface area contributed by atoms with Gasteiger partial charge in [0.05, 0.1) is 38.4 Å². The van der Waals surface area contributed by atoms with Crippen LogP contribution in [0.2, 0.25) is 0 Å². The van der Waals surface area contributed by atoms with Crippen molar-refractivity contribution in [2.24, 2.45) is 5.10 Å². The smallest absolute Gasteiger partial charge is 0.244 e. The quantitative estimate of drug-likeness (QED) is 0.313. The summed E-state index contributed by atoms with van der Waals surface area (Å²) in [4.78, 5) is 12.3. The molecule has 0 spiro atoms. The number of nitrogens with one attached hydrogen (secondary N) is 1. The molecule has 0 saturated heterocycles. The summed E-state index contributed by atoms with van der Waals surface area (Å²) in [7, 11) is 4.69. The second-order valence-corrected chi connectivity index (χ2v) is 7.82. The van der Waals surface area contributed by atoms with Gasteiger partial charge in [-0.25, -0.2) is 5.43 Å². The summed E-state index contributed by atoms with van der Waals surface area (Å²) in [6.45, 7) is 0.412. The summed E-state index contributed by atoms with van der Waals surface area (Å²) in [6, 6.07) is 18.8. The average molecular weight is 513 g/mol. The van der Waals surface area contributed by atoms with E-state index < -0.39 is 0 Å². The number of rotatable bonds is 10. The van der Waals surface area contributed by atoms with Crippen molar-refractivity contribution in [2.45, 2.75) is 13.0 Å². The molecule has 0 aromatic heterocycles. The average Bonchev–Trinajstić information content (AvgIpc) is 2.83.